The van der Waals surface area contributed by atoms with E-state index in [1.165, 1.54) is 24.3 Å². The minimum Gasteiger partial charge on any atom is -0.507 e. The second-order valence-corrected chi connectivity index (χ2v) is 4.61. The molecule has 1 aromatic heterocycles. The first-order chi connectivity index (χ1) is 10.5. The van der Waals surface area contributed by atoms with Crippen LogP contribution in [0.2, 0.25) is 0 Å². The van der Waals surface area contributed by atoms with Crippen LogP contribution >= 0.6 is 0 Å². The quantitative estimate of drug-likeness (QED) is 0.494. The van der Waals surface area contributed by atoms with E-state index in [4.69, 9.17) is 4.42 Å². The van der Waals surface area contributed by atoms with Crippen LogP contribution in [-0.4, -0.2) is 15.3 Å². The summed E-state index contributed by atoms with van der Waals surface area (Å²) in [5.74, 6) is -0.973. The molecule has 3 N–H and O–H groups in total. The van der Waals surface area contributed by atoms with Crippen molar-refractivity contribution in [2.45, 2.75) is 0 Å². The predicted molar refractivity (Wildman–Crippen MR) is 78.4 cm³/mol. The topological polar surface area (TPSA) is 120 Å². The molecular weight excluding hydrogens is 290 g/mol. The van der Waals surface area contributed by atoms with Crippen molar-refractivity contribution in [3.63, 3.8) is 0 Å². The van der Waals surface area contributed by atoms with Gasteiger partial charge in [-0.25, -0.2) is 0 Å². The molecule has 0 unspecified atom stereocenters. The Morgan fingerprint density at radius 1 is 0.909 bits per heavy atom. The zero-order valence-electron chi connectivity index (χ0n) is 11.0. The summed E-state index contributed by atoms with van der Waals surface area (Å²) in [5, 5.41) is 31.2. The van der Waals surface area contributed by atoms with Gasteiger partial charge in [0, 0.05) is 23.8 Å². The Morgan fingerprint density at radius 3 is 2.36 bits per heavy atom. The minimum absolute atomic E-state index is 0.00957. The lowest BCUT2D eigenvalue weighted by Crippen LogP contribution is -2.00. The normalized spacial score (nSPS) is 10.7. The molecule has 0 aliphatic rings. The Bertz CT molecular complexity index is 960. The molecule has 3 aromatic rings. The maximum Gasteiger partial charge on any atom is 0.197 e. The van der Waals surface area contributed by atoms with Crippen molar-refractivity contribution in [2.24, 2.45) is 5.18 Å². The fraction of sp³-hybridized carbons (Fsp3) is 0. The van der Waals surface area contributed by atoms with Crippen LogP contribution in [0.25, 0.3) is 22.3 Å². The number of nitrogens with zero attached hydrogens (tertiary/aromatic N) is 1. The SMILES string of the molecule is O=Nc1cc(O)c2c(=O)cc(-c3ccc(O)c(O)c3)oc2c1. The van der Waals surface area contributed by atoms with Gasteiger partial charge in [-0.3, -0.25) is 4.79 Å². The molecule has 0 bridgehead atoms. The molecule has 7 heteroatoms. The maximum absolute atomic E-state index is 12.1. The van der Waals surface area contributed by atoms with E-state index >= 15 is 0 Å². The Labute approximate surface area is 122 Å². The van der Waals surface area contributed by atoms with Crippen LogP contribution in [-0.2, 0) is 0 Å². The van der Waals surface area contributed by atoms with Gasteiger partial charge in [-0.2, -0.15) is 0 Å². The van der Waals surface area contributed by atoms with E-state index in [1.54, 1.807) is 0 Å². The summed E-state index contributed by atoms with van der Waals surface area (Å²) in [6.07, 6.45) is 0. The molecule has 0 saturated carbocycles. The number of rotatable bonds is 2. The molecular formula is C15H9NO6. The number of fused-ring (bicyclic) bond motifs is 1. The Hall–Kier alpha value is -3.35. The zero-order chi connectivity index (χ0) is 15.9. The lowest BCUT2D eigenvalue weighted by Gasteiger charge is -2.06. The largest absolute Gasteiger partial charge is 0.507 e. The first-order valence-corrected chi connectivity index (χ1v) is 6.16. The molecule has 1 heterocycles. The first-order valence-electron chi connectivity index (χ1n) is 6.16. The lowest BCUT2D eigenvalue weighted by molar-refractivity contribution is 0.404. The van der Waals surface area contributed by atoms with Gasteiger partial charge in [-0.1, -0.05) is 0 Å². The average Bonchev–Trinajstić information content (AvgIpc) is 2.49. The van der Waals surface area contributed by atoms with E-state index < -0.39 is 11.2 Å². The zero-order valence-corrected chi connectivity index (χ0v) is 11.0. The van der Waals surface area contributed by atoms with Gasteiger partial charge in [0.1, 0.15) is 28.2 Å². The molecule has 2 aromatic carbocycles. The van der Waals surface area contributed by atoms with Crippen molar-refractivity contribution >= 4 is 16.7 Å². The molecule has 110 valence electrons. The van der Waals surface area contributed by atoms with E-state index in [-0.39, 0.29) is 33.9 Å². The molecule has 0 aliphatic heterocycles. The van der Waals surface area contributed by atoms with E-state index in [0.29, 0.717) is 5.56 Å². The maximum atomic E-state index is 12.1. The van der Waals surface area contributed by atoms with Crippen LogP contribution in [0, 0.1) is 4.91 Å². The molecule has 3 rings (SSSR count). The number of hydrogen-bond acceptors (Lipinski definition) is 7. The van der Waals surface area contributed by atoms with Gasteiger partial charge in [0.2, 0.25) is 0 Å². The Morgan fingerprint density at radius 2 is 1.68 bits per heavy atom. The van der Waals surface area contributed by atoms with Crippen molar-refractivity contribution < 1.29 is 19.7 Å². The van der Waals surface area contributed by atoms with E-state index in [2.05, 4.69) is 5.18 Å². The Kier molecular flexibility index (Phi) is 3.03. The van der Waals surface area contributed by atoms with Gasteiger partial charge < -0.3 is 19.7 Å². The third-order valence-corrected chi connectivity index (χ3v) is 3.16. The monoisotopic (exact) mass is 299 g/mol. The van der Waals surface area contributed by atoms with Crippen molar-refractivity contribution in [3.8, 4) is 28.6 Å². The summed E-state index contributed by atoms with van der Waals surface area (Å²) in [6, 6.07) is 7.35. The van der Waals surface area contributed by atoms with Crippen LogP contribution in [0.4, 0.5) is 5.69 Å². The van der Waals surface area contributed by atoms with Crippen LogP contribution < -0.4 is 5.43 Å². The number of benzene rings is 2. The third-order valence-electron chi connectivity index (χ3n) is 3.16. The molecule has 0 spiro atoms. The third kappa shape index (κ3) is 2.14. The van der Waals surface area contributed by atoms with Crippen molar-refractivity contribution in [2.75, 3.05) is 0 Å². The number of phenols is 3. The molecule has 0 saturated heterocycles. The molecule has 0 amide bonds. The molecule has 0 radical (unpaired) electrons. The molecule has 22 heavy (non-hydrogen) atoms. The number of phenolic OH excluding ortho intramolecular Hbond substituents is 3. The highest BCUT2D eigenvalue weighted by atomic mass is 16.3. The minimum atomic E-state index is -0.515. The fourth-order valence-corrected chi connectivity index (χ4v) is 2.13. The van der Waals surface area contributed by atoms with Gasteiger partial charge in [-0.15, -0.1) is 4.91 Å². The summed E-state index contributed by atoms with van der Waals surface area (Å²) in [5.41, 5.74) is -0.263. The molecule has 0 atom stereocenters. The highest BCUT2D eigenvalue weighted by Gasteiger charge is 2.13. The summed E-state index contributed by atoms with van der Waals surface area (Å²) in [6.45, 7) is 0. The smallest absolute Gasteiger partial charge is 0.197 e. The van der Waals surface area contributed by atoms with Crippen LogP contribution in [0.1, 0.15) is 0 Å². The predicted octanol–water partition coefficient (Wildman–Crippen LogP) is 2.97. The number of hydrogen-bond donors (Lipinski definition) is 3. The standard InChI is InChI=1S/C15H9NO6/c17-9-2-1-7(3-10(9)18)13-6-12(20)15-11(19)4-8(16-21)5-14(15)22-13/h1-6,17-19H. The summed E-state index contributed by atoms with van der Waals surface area (Å²) < 4.78 is 5.50. The summed E-state index contributed by atoms with van der Waals surface area (Å²) >= 11 is 0. The molecule has 0 aliphatic carbocycles. The van der Waals surface area contributed by atoms with Crippen molar-refractivity contribution in [1.82, 2.24) is 0 Å². The second kappa shape index (κ2) is 4.88. The summed E-state index contributed by atoms with van der Waals surface area (Å²) in [4.78, 5) is 22.7. The van der Waals surface area contributed by atoms with Gasteiger partial charge >= 0.3 is 0 Å². The van der Waals surface area contributed by atoms with Crippen LogP contribution in [0.15, 0.2) is 50.8 Å². The molecule has 0 fully saturated rings. The van der Waals surface area contributed by atoms with E-state index in [0.717, 1.165) is 12.1 Å². The summed E-state index contributed by atoms with van der Waals surface area (Å²) in [7, 11) is 0. The van der Waals surface area contributed by atoms with Crippen LogP contribution in [0.5, 0.6) is 17.2 Å². The fourth-order valence-electron chi connectivity index (χ4n) is 2.13. The Balaban J connectivity index is 2.30. The highest BCUT2D eigenvalue weighted by Crippen LogP contribution is 2.33. The number of nitroso groups, excluding NO2 is 1. The first kappa shape index (κ1) is 13.6. The van der Waals surface area contributed by atoms with Gasteiger partial charge in [0.25, 0.3) is 0 Å². The molecule has 7 nitrogen and oxygen atoms in total. The van der Waals surface area contributed by atoms with Crippen molar-refractivity contribution in [3.05, 3.63) is 51.5 Å². The van der Waals surface area contributed by atoms with Crippen molar-refractivity contribution in [1.29, 1.82) is 0 Å². The second-order valence-electron chi connectivity index (χ2n) is 4.61. The van der Waals surface area contributed by atoms with Gasteiger partial charge in [0.05, 0.1) is 0 Å². The van der Waals surface area contributed by atoms with Gasteiger partial charge in [-0.05, 0) is 23.4 Å². The average molecular weight is 299 g/mol. The number of aromatic hydroxyl groups is 3. The highest BCUT2D eigenvalue weighted by molar-refractivity contribution is 5.87. The van der Waals surface area contributed by atoms with Crippen LogP contribution in [0.3, 0.4) is 0 Å². The van der Waals surface area contributed by atoms with E-state index in [9.17, 15) is 25.0 Å². The lowest BCUT2D eigenvalue weighted by atomic mass is 10.1. The van der Waals surface area contributed by atoms with Gasteiger partial charge in [0.15, 0.2) is 16.9 Å². The van der Waals surface area contributed by atoms with E-state index in [1.807, 2.05) is 0 Å².